The molecule has 0 aliphatic rings. The molecule has 0 fully saturated rings. The number of aryl methyl sites for hydroxylation is 1. The fraction of sp³-hybridized carbons (Fsp3) is 0.333. The highest BCUT2D eigenvalue weighted by molar-refractivity contribution is 9.10. The first-order valence-corrected chi connectivity index (χ1v) is 7.42. The highest BCUT2D eigenvalue weighted by Crippen LogP contribution is 2.22. The topological polar surface area (TPSA) is 47.0 Å². The highest BCUT2D eigenvalue weighted by atomic mass is 79.9. The van der Waals surface area contributed by atoms with E-state index in [4.69, 9.17) is 4.74 Å². The summed E-state index contributed by atoms with van der Waals surface area (Å²) in [4.78, 5) is 8.64. The highest BCUT2D eigenvalue weighted by Gasteiger charge is 2.02. The summed E-state index contributed by atoms with van der Waals surface area (Å²) >= 11 is 3.44. The van der Waals surface area contributed by atoms with Crippen LogP contribution >= 0.6 is 15.9 Å². The van der Waals surface area contributed by atoms with Crippen molar-refractivity contribution in [2.45, 2.75) is 26.9 Å². The van der Waals surface area contributed by atoms with Gasteiger partial charge in [-0.2, -0.15) is 0 Å². The van der Waals surface area contributed by atoms with Crippen LogP contribution < -0.4 is 10.1 Å². The summed E-state index contributed by atoms with van der Waals surface area (Å²) in [6.45, 7) is 5.46. The third kappa shape index (κ3) is 4.20. The molecule has 4 nitrogen and oxygen atoms in total. The van der Waals surface area contributed by atoms with Crippen molar-refractivity contribution in [2.75, 3.05) is 11.9 Å². The van der Waals surface area contributed by atoms with Gasteiger partial charge in [-0.15, -0.1) is 0 Å². The fourth-order valence-corrected chi connectivity index (χ4v) is 2.18. The van der Waals surface area contributed by atoms with E-state index in [2.05, 4.69) is 38.1 Å². The maximum absolute atomic E-state index is 5.76. The van der Waals surface area contributed by atoms with Crippen molar-refractivity contribution in [1.82, 2.24) is 9.97 Å². The maximum Gasteiger partial charge on any atom is 0.144 e. The molecule has 5 heteroatoms. The third-order valence-electron chi connectivity index (χ3n) is 2.77. The van der Waals surface area contributed by atoms with Gasteiger partial charge in [0.2, 0.25) is 0 Å². The number of ether oxygens (including phenoxy) is 1. The lowest BCUT2D eigenvalue weighted by atomic mass is 10.2. The Bertz CT molecular complexity index is 558. The number of nitrogens with one attached hydrogen (secondary N) is 1. The summed E-state index contributed by atoms with van der Waals surface area (Å²) in [5.74, 6) is 1.67. The molecule has 0 atom stereocenters. The second-order valence-electron chi connectivity index (χ2n) is 4.52. The summed E-state index contributed by atoms with van der Waals surface area (Å²) in [6.07, 6.45) is 4.55. The Hall–Kier alpha value is -1.62. The molecule has 0 unspecified atom stereocenters. The minimum Gasteiger partial charge on any atom is -0.487 e. The monoisotopic (exact) mass is 335 g/mol. The molecule has 0 spiro atoms. The summed E-state index contributed by atoms with van der Waals surface area (Å²) in [5.41, 5.74) is 1.91. The zero-order valence-corrected chi connectivity index (χ0v) is 13.3. The molecule has 0 saturated heterocycles. The second kappa shape index (κ2) is 7.24. The average Bonchev–Trinajstić information content (AvgIpc) is 2.45. The van der Waals surface area contributed by atoms with Crippen LogP contribution in [0.4, 0.5) is 5.82 Å². The van der Waals surface area contributed by atoms with Crippen molar-refractivity contribution in [1.29, 1.82) is 0 Å². The van der Waals surface area contributed by atoms with Gasteiger partial charge in [0, 0.05) is 11.0 Å². The molecule has 0 amide bonds. The molecule has 0 radical (unpaired) electrons. The number of aromatic nitrogens is 2. The molecular formula is C15H18BrN3O. The van der Waals surface area contributed by atoms with E-state index in [1.54, 1.807) is 12.4 Å². The molecule has 2 aromatic rings. The Labute approximate surface area is 127 Å². The van der Waals surface area contributed by atoms with Crippen molar-refractivity contribution in [3.63, 3.8) is 0 Å². The van der Waals surface area contributed by atoms with Gasteiger partial charge in [-0.25, -0.2) is 4.98 Å². The zero-order chi connectivity index (χ0) is 14.4. The number of rotatable bonds is 6. The maximum atomic E-state index is 5.76. The van der Waals surface area contributed by atoms with Crippen LogP contribution in [0, 0.1) is 6.92 Å². The smallest absolute Gasteiger partial charge is 0.144 e. The van der Waals surface area contributed by atoms with Crippen LogP contribution in [0.15, 0.2) is 35.1 Å². The first kappa shape index (κ1) is 14.8. The lowest BCUT2D eigenvalue weighted by molar-refractivity contribution is 0.298. The molecule has 1 heterocycles. The molecule has 0 aliphatic carbocycles. The quantitative estimate of drug-likeness (QED) is 0.868. The molecule has 1 N–H and O–H groups in total. The molecule has 106 valence electrons. The van der Waals surface area contributed by atoms with Gasteiger partial charge in [-0.05, 0) is 37.1 Å². The molecular weight excluding hydrogens is 318 g/mol. The number of benzene rings is 1. The van der Waals surface area contributed by atoms with Gasteiger partial charge in [-0.1, -0.05) is 22.9 Å². The number of nitrogens with zero attached hydrogens (tertiary/aromatic N) is 2. The van der Waals surface area contributed by atoms with Crippen LogP contribution in [0.5, 0.6) is 5.75 Å². The van der Waals surface area contributed by atoms with Gasteiger partial charge >= 0.3 is 0 Å². The van der Waals surface area contributed by atoms with Gasteiger partial charge in [0.1, 0.15) is 18.2 Å². The Morgan fingerprint density at radius 1 is 1.25 bits per heavy atom. The lowest BCUT2D eigenvalue weighted by Gasteiger charge is -2.09. The van der Waals surface area contributed by atoms with Crippen LogP contribution in [0.2, 0.25) is 0 Å². The number of hydrogen-bond acceptors (Lipinski definition) is 4. The van der Waals surface area contributed by atoms with Crippen molar-refractivity contribution < 1.29 is 4.74 Å². The lowest BCUT2D eigenvalue weighted by Crippen LogP contribution is -2.05. The average molecular weight is 336 g/mol. The van der Waals surface area contributed by atoms with Gasteiger partial charge in [0.05, 0.1) is 18.1 Å². The van der Waals surface area contributed by atoms with Crippen molar-refractivity contribution in [2.24, 2.45) is 0 Å². The van der Waals surface area contributed by atoms with Crippen LogP contribution in [-0.4, -0.2) is 16.5 Å². The zero-order valence-electron chi connectivity index (χ0n) is 11.7. The van der Waals surface area contributed by atoms with Crippen molar-refractivity contribution in [3.8, 4) is 5.75 Å². The SMILES string of the molecule is CCCNc1cnc(COc2ccc(Br)cc2C)cn1. The van der Waals surface area contributed by atoms with Gasteiger partial charge in [-0.3, -0.25) is 4.98 Å². The van der Waals surface area contributed by atoms with Gasteiger partial charge in [0.25, 0.3) is 0 Å². The van der Waals surface area contributed by atoms with Crippen molar-refractivity contribution >= 4 is 21.7 Å². The Morgan fingerprint density at radius 3 is 2.75 bits per heavy atom. The number of hydrogen-bond donors (Lipinski definition) is 1. The Morgan fingerprint density at radius 2 is 2.10 bits per heavy atom. The second-order valence-corrected chi connectivity index (χ2v) is 5.43. The summed E-state index contributed by atoms with van der Waals surface area (Å²) < 4.78 is 6.80. The molecule has 1 aromatic heterocycles. The first-order valence-electron chi connectivity index (χ1n) is 6.62. The van der Waals surface area contributed by atoms with Crippen LogP contribution in [0.1, 0.15) is 24.6 Å². The molecule has 2 rings (SSSR count). The Balaban J connectivity index is 1.93. The van der Waals surface area contributed by atoms with Gasteiger partial charge < -0.3 is 10.1 Å². The minimum absolute atomic E-state index is 0.420. The predicted octanol–water partition coefficient (Wildman–Crippen LogP) is 3.95. The van der Waals surface area contributed by atoms with E-state index in [-0.39, 0.29) is 0 Å². The molecule has 20 heavy (non-hydrogen) atoms. The van der Waals surface area contributed by atoms with Crippen LogP contribution in [-0.2, 0) is 6.61 Å². The van der Waals surface area contributed by atoms with E-state index in [0.29, 0.717) is 6.61 Å². The molecule has 0 bridgehead atoms. The van der Waals surface area contributed by atoms with Crippen molar-refractivity contribution in [3.05, 3.63) is 46.3 Å². The predicted molar refractivity (Wildman–Crippen MR) is 84.0 cm³/mol. The number of anilines is 1. The van der Waals surface area contributed by atoms with E-state index in [1.807, 2.05) is 25.1 Å². The van der Waals surface area contributed by atoms with E-state index >= 15 is 0 Å². The molecule has 0 aliphatic heterocycles. The van der Waals surface area contributed by atoms with Crippen LogP contribution in [0.25, 0.3) is 0 Å². The fourth-order valence-electron chi connectivity index (χ4n) is 1.70. The summed E-state index contributed by atoms with van der Waals surface area (Å²) in [7, 11) is 0. The normalized spacial score (nSPS) is 10.3. The van der Waals surface area contributed by atoms with Gasteiger partial charge in [0.15, 0.2) is 0 Å². The minimum atomic E-state index is 0.420. The molecule has 0 saturated carbocycles. The van der Waals surface area contributed by atoms with E-state index in [1.165, 1.54) is 0 Å². The van der Waals surface area contributed by atoms with E-state index in [9.17, 15) is 0 Å². The Kier molecular flexibility index (Phi) is 5.35. The summed E-state index contributed by atoms with van der Waals surface area (Å²) in [5, 5.41) is 3.19. The van der Waals surface area contributed by atoms with E-state index < -0.39 is 0 Å². The molecule has 1 aromatic carbocycles. The third-order valence-corrected chi connectivity index (χ3v) is 3.27. The van der Waals surface area contributed by atoms with Crippen LogP contribution in [0.3, 0.4) is 0 Å². The summed E-state index contributed by atoms with van der Waals surface area (Å²) in [6, 6.07) is 5.94. The number of halogens is 1. The van der Waals surface area contributed by atoms with E-state index in [0.717, 1.165) is 40.3 Å². The largest absolute Gasteiger partial charge is 0.487 e. The first-order chi connectivity index (χ1) is 9.69. The standard InChI is InChI=1S/C15H18BrN3O/c1-3-6-17-15-9-18-13(8-19-15)10-20-14-5-4-12(16)7-11(14)2/h4-5,7-9H,3,6,10H2,1-2H3,(H,17,19).